The topological polar surface area (TPSA) is 49.5 Å². The molecule has 1 aromatic carbocycles. The van der Waals surface area contributed by atoms with Gasteiger partial charge in [-0.1, -0.05) is 12.8 Å². The number of nitrogen functional groups attached to an aromatic ring is 1. The Hall–Kier alpha value is -1.22. The molecule has 2 atom stereocenters. The van der Waals surface area contributed by atoms with Gasteiger partial charge in [0, 0.05) is 30.4 Å². The highest BCUT2D eigenvalue weighted by molar-refractivity contribution is 5.58. The van der Waals surface area contributed by atoms with Crippen molar-refractivity contribution in [2.24, 2.45) is 5.92 Å². The van der Waals surface area contributed by atoms with E-state index in [4.69, 9.17) is 5.73 Å². The van der Waals surface area contributed by atoms with E-state index in [2.05, 4.69) is 24.0 Å². The maximum absolute atomic E-state index is 10.7. The number of hydrogen-bond acceptors (Lipinski definition) is 3. The minimum Gasteiger partial charge on any atom is -0.399 e. The summed E-state index contributed by atoms with van der Waals surface area (Å²) in [5.74, 6) is 0.428. The average Bonchev–Trinajstić information content (AvgIpc) is 2.36. The second-order valence-electron chi connectivity index (χ2n) is 6.34. The van der Waals surface area contributed by atoms with Gasteiger partial charge in [-0.05, 0) is 49.9 Å². The van der Waals surface area contributed by atoms with E-state index in [1.54, 1.807) is 0 Å². The highest BCUT2D eigenvalue weighted by atomic mass is 16.3. The summed E-state index contributed by atoms with van der Waals surface area (Å²) in [6.45, 7) is 4.00. The molecule has 19 heavy (non-hydrogen) atoms. The third kappa shape index (κ3) is 2.44. The van der Waals surface area contributed by atoms with Crippen LogP contribution in [0.5, 0.6) is 0 Å². The quantitative estimate of drug-likeness (QED) is 0.763. The van der Waals surface area contributed by atoms with E-state index < -0.39 is 5.60 Å². The van der Waals surface area contributed by atoms with Crippen LogP contribution in [0.1, 0.15) is 37.7 Å². The third-order valence-corrected chi connectivity index (χ3v) is 4.88. The van der Waals surface area contributed by atoms with Crippen LogP contribution < -0.4 is 10.6 Å². The zero-order valence-corrected chi connectivity index (χ0v) is 11.7. The Kier molecular flexibility index (Phi) is 3.17. The van der Waals surface area contributed by atoms with E-state index in [-0.39, 0.29) is 0 Å². The summed E-state index contributed by atoms with van der Waals surface area (Å²) in [4.78, 5) is 2.40. The largest absolute Gasteiger partial charge is 0.399 e. The Morgan fingerprint density at radius 1 is 1.26 bits per heavy atom. The van der Waals surface area contributed by atoms with Crippen LogP contribution >= 0.6 is 0 Å². The number of aryl methyl sites for hydroxylation is 1. The molecule has 0 amide bonds. The van der Waals surface area contributed by atoms with E-state index in [0.717, 1.165) is 38.0 Å². The standard InChI is InChI=1S/C16H24N2O/c1-12-8-14(17)10-15(9-12)18-7-6-16(19)5-3-2-4-13(16)11-18/h8-10,13,19H,2-7,11,17H2,1H3. The van der Waals surface area contributed by atoms with Crippen LogP contribution in [-0.4, -0.2) is 23.8 Å². The van der Waals surface area contributed by atoms with Crippen molar-refractivity contribution in [2.45, 2.75) is 44.6 Å². The zero-order chi connectivity index (χ0) is 13.5. The molecular formula is C16H24N2O. The molecule has 0 spiro atoms. The average molecular weight is 260 g/mol. The monoisotopic (exact) mass is 260 g/mol. The van der Waals surface area contributed by atoms with E-state index in [0.29, 0.717) is 5.92 Å². The summed E-state index contributed by atoms with van der Waals surface area (Å²) in [7, 11) is 0. The number of anilines is 2. The minimum absolute atomic E-state index is 0.399. The molecule has 3 rings (SSSR count). The van der Waals surface area contributed by atoms with E-state index in [1.807, 2.05) is 6.07 Å². The Morgan fingerprint density at radius 2 is 2.11 bits per heavy atom. The molecule has 1 heterocycles. The lowest BCUT2D eigenvalue weighted by Gasteiger charge is -2.48. The second kappa shape index (κ2) is 4.71. The van der Waals surface area contributed by atoms with Crippen molar-refractivity contribution in [1.29, 1.82) is 0 Å². The van der Waals surface area contributed by atoms with E-state index in [1.165, 1.54) is 24.1 Å². The van der Waals surface area contributed by atoms with Crippen LogP contribution in [-0.2, 0) is 0 Å². The summed E-state index contributed by atoms with van der Waals surface area (Å²) in [5.41, 5.74) is 8.80. The number of piperidine rings is 1. The molecule has 1 saturated carbocycles. The number of fused-ring (bicyclic) bond motifs is 1. The maximum atomic E-state index is 10.7. The van der Waals surface area contributed by atoms with Crippen LogP contribution in [0.4, 0.5) is 11.4 Å². The van der Waals surface area contributed by atoms with Crippen LogP contribution in [0.25, 0.3) is 0 Å². The number of nitrogens with two attached hydrogens (primary N) is 1. The molecule has 1 saturated heterocycles. The summed E-state index contributed by atoms with van der Waals surface area (Å²) >= 11 is 0. The van der Waals surface area contributed by atoms with Crippen LogP contribution in [0.3, 0.4) is 0 Å². The van der Waals surface area contributed by atoms with Gasteiger partial charge in [0.1, 0.15) is 0 Å². The predicted molar refractivity (Wildman–Crippen MR) is 79.3 cm³/mol. The summed E-state index contributed by atoms with van der Waals surface area (Å²) in [6.07, 6.45) is 5.49. The van der Waals surface area contributed by atoms with Crippen molar-refractivity contribution in [2.75, 3.05) is 23.7 Å². The van der Waals surface area contributed by atoms with Crippen LogP contribution in [0.15, 0.2) is 18.2 Å². The number of hydrogen-bond donors (Lipinski definition) is 2. The first-order chi connectivity index (χ1) is 9.07. The predicted octanol–water partition coefficient (Wildman–Crippen LogP) is 2.71. The van der Waals surface area contributed by atoms with Crippen LogP contribution in [0, 0.1) is 12.8 Å². The third-order valence-electron chi connectivity index (χ3n) is 4.88. The van der Waals surface area contributed by atoms with Crippen molar-refractivity contribution < 1.29 is 5.11 Å². The molecule has 1 aliphatic heterocycles. The SMILES string of the molecule is Cc1cc(N)cc(N2CCC3(O)CCCCC3C2)c1. The fraction of sp³-hybridized carbons (Fsp3) is 0.625. The molecular weight excluding hydrogens is 236 g/mol. The van der Waals surface area contributed by atoms with Crippen LogP contribution in [0.2, 0.25) is 0 Å². The van der Waals surface area contributed by atoms with Gasteiger partial charge in [-0.25, -0.2) is 0 Å². The zero-order valence-electron chi connectivity index (χ0n) is 11.7. The Bertz CT molecular complexity index is 454. The van der Waals surface area contributed by atoms with Gasteiger partial charge in [-0.3, -0.25) is 0 Å². The molecule has 2 unspecified atom stereocenters. The molecule has 0 radical (unpaired) electrons. The van der Waals surface area contributed by atoms with Gasteiger partial charge in [-0.2, -0.15) is 0 Å². The molecule has 3 N–H and O–H groups in total. The highest BCUT2D eigenvalue weighted by Crippen LogP contribution is 2.41. The first-order valence-electron chi connectivity index (χ1n) is 7.41. The Morgan fingerprint density at radius 3 is 2.89 bits per heavy atom. The minimum atomic E-state index is -0.399. The summed E-state index contributed by atoms with van der Waals surface area (Å²) in [5, 5.41) is 10.7. The lowest BCUT2D eigenvalue weighted by molar-refractivity contribution is -0.0612. The molecule has 3 heteroatoms. The van der Waals surface area contributed by atoms with Gasteiger partial charge in [0.25, 0.3) is 0 Å². The molecule has 2 fully saturated rings. The van der Waals surface area contributed by atoms with Crippen molar-refractivity contribution >= 4 is 11.4 Å². The van der Waals surface area contributed by atoms with Crippen molar-refractivity contribution in [1.82, 2.24) is 0 Å². The normalized spacial score (nSPS) is 31.1. The van der Waals surface area contributed by atoms with E-state index >= 15 is 0 Å². The van der Waals surface area contributed by atoms with Gasteiger partial charge in [0.05, 0.1) is 5.60 Å². The van der Waals surface area contributed by atoms with E-state index in [9.17, 15) is 5.11 Å². The number of aliphatic hydroxyl groups is 1. The molecule has 2 aliphatic rings. The molecule has 0 bridgehead atoms. The summed E-state index contributed by atoms with van der Waals surface area (Å²) in [6, 6.07) is 6.26. The molecule has 0 aromatic heterocycles. The highest BCUT2D eigenvalue weighted by Gasteiger charge is 2.42. The number of benzene rings is 1. The maximum Gasteiger partial charge on any atom is 0.0709 e. The summed E-state index contributed by atoms with van der Waals surface area (Å²) < 4.78 is 0. The fourth-order valence-electron chi connectivity index (χ4n) is 3.78. The van der Waals surface area contributed by atoms with Gasteiger partial charge in [0.15, 0.2) is 0 Å². The smallest absolute Gasteiger partial charge is 0.0709 e. The molecule has 104 valence electrons. The van der Waals surface area contributed by atoms with Gasteiger partial charge < -0.3 is 15.7 Å². The molecule has 1 aromatic rings. The van der Waals surface area contributed by atoms with Gasteiger partial charge in [-0.15, -0.1) is 0 Å². The number of nitrogens with zero attached hydrogens (tertiary/aromatic N) is 1. The van der Waals surface area contributed by atoms with Crippen molar-refractivity contribution in [3.63, 3.8) is 0 Å². The van der Waals surface area contributed by atoms with Crippen molar-refractivity contribution in [3.8, 4) is 0 Å². The number of rotatable bonds is 1. The lowest BCUT2D eigenvalue weighted by Crippen LogP contribution is -2.53. The van der Waals surface area contributed by atoms with Gasteiger partial charge >= 0.3 is 0 Å². The molecule has 1 aliphatic carbocycles. The fourth-order valence-corrected chi connectivity index (χ4v) is 3.78. The first-order valence-corrected chi connectivity index (χ1v) is 7.41. The Balaban J connectivity index is 1.80. The lowest BCUT2D eigenvalue weighted by atomic mass is 9.71. The molecule has 3 nitrogen and oxygen atoms in total. The second-order valence-corrected chi connectivity index (χ2v) is 6.34. The van der Waals surface area contributed by atoms with Crippen molar-refractivity contribution in [3.05, 3.63) is 23.8 Å². The Labute approximate surface area is 115 Å². The van der Waals surface area contributed by atoms with Gasteiger partial charge in [0.2, 0.25) is 0 Å². The first kappa shape index (κ1) is 12.8.